The molecule has 0 spiro atoms. The standard InChI is InChI=1S/C27H41NO12/c1-5-9-19(29)28-25-17(15-36-22(33)14-13-20(30)31)38-18(16-37-21(32)10-6-2)26(39-23(34)11-7-3)27(25)40-24(35)12-8-4/h13-14,17-18,25-27H,5-12,15-16H2,1-4H3,(H,28,29)(H,30,31)/b14-13+/t17-,18+,25+,26+,27+/m0/s1. The van der Waals surface area contributed by atoms with E-state index in [-0.39, 0.29) is 32.3 Å². The Morgan fingerprint density at radius 1 is 0.700 bits per heavy atom. The first-order chi connectivity index (χ1) is 19.1. The highest BCUT2D eigenvalue weighted by Gasteiger charge is 2.51. The van der Waals surface area contributed by atoms with Gasteiger partial charge in [-0.1, -0.05) is 27.7 Å². The molecule has 1 amide bonds. The molecule has 1 saturated heterocycles. The third-order valence-corrected chi connectivity index (χ3v) is 5.66. The Morgan fingerprint density at radius 3 is 1.77 bits per heavy atom. The van der Waals surface area contributed by atoms with Crippen molar-refractivity contribution in [3.05, 3.63) is 12.2 Å². The number of carboxylic acids is 1. The SMILES string of the molecule is CCCC(=O)N[C@H]1[C@@H](OC(=O)CCC)[C@H](OC(=O)CCC)[C@@H](COC(=O)CCC)O[C@H]1COC(=O)/C=C/C(=O)O. The molecule has 0 unspecified atom stereocenters. The van der Waals surface area contributed by atoms with Gasteiger partial charge in [0.05, 0.1) is 6.04 Å². The Kier molecular flexibility index (Phi) is 16.2. The number of esters is 4. The molecule has 0 aromatic heterocycles. The summed E-state index contributed by atoms with van der Waals surface area (Å²) in [6, 6.07) is -1.13. The van der Waals surface area contributed by atoms with Crippen LogP contribution in [0.1, 0.15) is 79.1 Å². The topological polar surface area (TPSA) is 181 Å². The quantitative estimate of drug-likeness (QED) is 0.147. The van der Waals surface area contributed by atoms with Crippen molar-refractivity contribution in [1.29, 1.82) is 0 Å². The molecule has 1 fully saturated rings. The molecule has 13 heteroatoms. The van der Waals surface area contributed by atoms with E-state index in [4.69, 9.17) is 28.8 Å². The smallest absolute Gasteiger partial charge is 0.331 e. The zero-order valence-corrected chi connectivity index (χ0v) is 23.6. The van der Waals surface area contributed by atoms with Crippen LogP contribution >= 0.6 is 0 Å². The number of carbonyl (C=O) groups is 6. The normalized spacial score (nSPS) is 22.2. The van der Waals surface area contributed by atoms with Crippen LogP contribution in [0.5, 0.6) is 0 Å². The van der Waals surface area contributed by atoms with E-state index in [1.807, 2.05) is 0 Å². The molecule has 1 rings (SSSR count). The van der Waals surface area contributed by atoms with Crippen molar-refractivity contribution >= 4 is 35.8 Å². The summed E-state index contributed by atoms with van der Waals surface area (Å²) in [5.74, 6) is -4.52. The minimum atomic E-state index is -1.36. The fraction of sp³-hybridized carbons (Fsp3) is 0.704. The summed E-state index contributed by atoms with van der Waals surface area (Å²) in [4.78, 5) is 72.8. The molecule has 0 aromatic carbocycles. The van der Waals surface area contributed by atoms with E-state index in [9.17, 15) is 28.8 Å². The second kappa shape index (κ2) is 18.7. The van der Waals surface area contributed by atoms with Gasteiger partial charge in [0, 0.05) is 37.8 Å². The number of amides is 1. The Balaban J connectivity index is 3.46. The average molecular weight is 572 g/mol. The lowest BCUT2D eigenvalue weighted by Crippen LogP contribution is -2.67. The van der Waals surface area contributed by atoms with E-state index < -0.39 is 72.8 Å². The summed E-state index contributed by atoms with van der Waals surface area (Å²) in [5.41, 5.74) is 0. The number of hydrogen-bond acceptors (Lipinski definition) is 11. The summed E-state index contributed by atoms with van der Waals surface area (Å²) in [5, 5.41) is 11.5. The number of rotatable bonds is 17. The van der Waals surface area contributed by atoms with Gasteiger partial charge in [-0.05, 0) is 25.7 Å². The van der Waals surface area contributed by atoms with Crippen molar-refractivity contribution < 1.29 is 57.6 Å². The van der Waals surface area contributed by atoms with Crippen LogP contribution in [0.3, 0.4) is 0 Å². The van der Waals surface area contributed by atoms with Gasteiger partial charge in [-0.15, -0.1) is 0 Å². The van der Waals surface area contributed by atoms with Gasteiger partial charge in [0.25, 0.3) is 0 Å². The molecule has 0 bridgehead atoms. The molecular weight excluding hydrogens is 530 g/mol. The van der Waals surface area contributed by atoms with Gasteiger partial charge in [-0.25, -0.2) is 9.59 Å². The molecule has 1 aliphatic rings. The molecule has 1 heterocycles. The lowest BCUT2D eigenvalue weighted by molar-refractivity contribution is -0.230. The molecule has 0 saturated carbocycles. The second-order valence-corrected chi connectivity index (χ2v) is 9.20. The van der Waals surface area contributed by atoms with E-state index in [0.717, 1.165) is 0 Å². The predicted molar refractivity (Wildman–Crippen MR) is 139 cm³/mol. The highest BCUT2D eigenvalue weighted by molar-refractivity contribution is 5.90. The maximum absolute atomic E-state index is 12.7. The zero-order chi connectivity index (χ0) is 30.1. The number of carbonyl (C=O) groups excluding carboxylic acids is 5. The van der Waals surface area contributed by atoms with Gasteiger partial charge in [0.1, 0.15) is 25.4 Å². The van der Waals surface area contributed by atoms with Crippen LogP contribution in [-0.2, 0) is 52.5 Å². The van der Waals surface area contributed by atoms with E-state index in [1.165, 1.54) is 0 Å². The monoisotopic (exact) mass is 571 g/mol. The summed E-state index contributed by atoms with van der Waals surface area (Å²) in [6.45, 7) is 6.27. The van der Waals surface area contributed by atoms with Gasteiger partial charge in [0.2, 0.25) is 5.91 Å². The van der Waals surface area contributed by atoms with Crippen LogP contribution in [0.2, 0.25) is 0 Å². The Hall–Kier alpha value is -3.48. The summed E-state index contributed by atoms with van der Waals surface area (Å²) in [6.07, 6.45) is -1.20. The van der Waals surface area contributed by atoms with Crippen LogP contribution in [0.4, 0.5) is 0 Å². The Bertz CT molecular complexity index is 902. The van der Waals surface area contributed by atoms with Crippen molar-refractivity contribution in [2.24, 2.45) is 0 Å². The molecule has 40 heavy (non-hydrogen) atoms. The van der Waals surface area contributed by atoms with Crippen LogP contribution in [0, 0.1) is 0 Å². The highest BCUT2D eigenvalue weighted by atomic mass is 16.6. The molecule has 0 aromatic rings. The van der Waals surface area contributed by atoms with Crippen molar-refractivity contribution in [2.45, 2.75) is 110 Å². The molecule has 1 aliphatic heterocycles. The first-order valence-corrected chi connectivity index (χ1v) is 13.6. The second-order valence-electron chi connectivity index (χ2n) is 9.20. The Morgan fingerprint density at radius 2 is 1.23 bits per heavy atom. The summed E-state index contributed by atoms with van der Waals surface area (Å²) in [7, 11) is 0. The lowest BCUT2D eigenvalue weighted by Gasteiger charge is -2.45. The molecule has 0 radical (unpaired) electrons. The minimum Gasteiger partial charge on any atom is -0.478 e. The van der Waals surface area contributed by atoms with Crippen molar-refractivity contribution in [3.8, 4) is 0 Å². The van der Waals surface area contributed by atoms with E-state index in [2.05, 4.69) is 5.32 Å². The van der Waals surface area contributed by atoms with Gasteiger partial charge in [-0.3, -0.25) is 19.2 Å². The zero-order valence-electron chi connectivity index (χ0n) is 23.6. The average Bonchev–Trinajstić information content (AvgIpc) is 2.88. The fourth-order valence-corrected chi connectivity index (χ4v) is 3.87. The van der Waals surface area contributed by atoms with Gasteiger partial charge in [-0.2, -0.15) is 0 Å². The van der Waals surface area contributed by atoms with E-state index in [1.54, 1.807) is 27.7 Å². The molecule has 226 valence electrons. The molecule has 0 aliphatic carbocycles. The third-order valence-electron chi connectivity index (χ3n) is 5.66. The summed E-state index contributed by atoms with van der Waals surface area (Å²) >= 11 is 0. The molecular formula is C27H41NO12. The third kappa shape index (κ3) is 12.6. The minimum absolute atomic E-state index is 0.0401. The van der Waals surface area contributed by atoms with Crippen LogP contribution in [0.15, 0.2) is 12.2 Å². The Labute approximate surface area is 233 Å². The van der Waals surface area contributed by atoms with Gasteiger partial charge in [0.15, 0.2) is 12.2 Å². The highest BCUT2D eigenvalue weighted by Crippen LogP contribution is 2.28. The first-order valence-electron chi connectivity index (χ1n) is 13.6. The number of ether oxygens (including phenoxy) is 5. The number of carboxylic acid groups (broad SMARTS) is 1. The van der Waals surface area contributed by atoms with E-state index in [0.29, 0.717) is 37.8 Å². The first kappa shape index (κ1) is 34.5. The van der Waals surface area contributed by atoms with Crippen molar-refractivity contribution in [3.63, 3.8) is 0 Å². The summed E-state index contributed by atoms with van der Waals surface area (Å²) < 4.78 is 27.9. The van der Waals surface area contributed by atoms with Gasteiger partial charge < -0.3 is 34.1 Å². The van der Waals surface area contributed by atoms with Gasteiger partial charge >= 0.3 is 29.8 Å². The molecule has 13 nitrogen and oxygen atoms in total. The van der Waals surface area contributed by atoms with E-state index >= 15 is 0 Å². The predicted octanol–water partition coefficient (Wildman–Crippen LogP) is 1.99. The number of aliphatic carboxylic acids is 1. The van der Waals surface area contributed by atoms with Crippen molar-refractivity contribution in [1.82, 2.24) is 5.32 Å². The lowest BCUT2D eigenvalue weighted by atomic mass is 9.92. The van der Waals surface area contributed by atoms with Crippen LogP contribution < -0.4 is 5.32 Å². The maximum atomic E-state index is 12.7. The molecule has 2 N–H and O–H groups in total. The number of hydrogen-bond donors (Lipinski definition) is 2. The van der Waals surface area contributed by atoms with Crippen LogP contribution in [-0.4, -0.2) is 84.5 Å². The maximum Gasteiger partial charge on any atom is 0.331 e. The van der Waals surface area contributed by atoms with Crippen LogP contribution in [0.25, 0.3) is 0 Å². The molecule has 5 atom stereocenters. The largest absolute Gasteiger partial charge is 0.478 e. The fourth-order valence-electron chi connectivity index (χ4n) is 3.87. The van der Waals surface area contributed by atoms with Crippen molar-refractivity contribution in [2.75, 3.05) is 13.2 Å². The number of nitrogens with one attached hydrogen (secondary N) is 1.